The number of carbonyl (C=O) groups is 1. The molecule has 4 atom stereocenters. The van der Waals surface area contributed by atoms with Crippen LogP contribution in [-0.4, -0.2) is 60.4 Å². The molecule has 1 saturated carbocycles. The summed E-state index contributed by atoms with van der Waals surface area (Å²) in [7, 11) is 1.36. The molecule has 2 aliphatic rings. The molecule has 2 N–H and O–H groups in total. The first-order chi connectivity index (χ1) is 15.8. The fourth-order valence-electron chi connectivity index (χ4n) is 5.06. The van der Waals surface area contributed by atoms with Gasteiger partial charge < -0.3 is 24.4 Å². The summed E-state index contributed by atoms with van der Waals surface area (Å²) in [5.41, 5.74) is 0. The molecule has 0 radical (unpaired) electrons. The van der Waals surface area contributed by atoms with Gasteiger partial charge in [-0.15, -0.1) is 0 Å². The van der Waals surface area contributed by atoms with Gasteiger partial charge >= 0.3 is 11.9 Å². The van der Waals surface area contributed by atoms with Gasteiger partial charge in [0, 0.05) is 19.3 Å². The number of rotatable bonds is 15. The van der Waals surface area contributed by atoms with E-state index in [1.54, 1.807) is 0 Å². The minimum absolute atomic E-state index is 0.0123. The quantitative estimate of drug-likeness (QED) is 0.201. The molecule has 0 aromatic carbocycles. The molecule has 1 saturated heterocycles. The smallest absolute Gasteiger partial charge is 0.305 e. The van der Waals surface area contributed by atoms with E-state index in [1.807, 2.05) is 19.1 Å². The first-order valence-corrected chi connectivity index (χ1v) is 12.5. The number of methoxy groups -OCH3 is 1. The molecule has 2 rings (SSSR count). The molecule has 0 spiro atoms. The van der Waals surface area contributed by atoms with E-state index in [1.165, 1.54) is 7.11 Å². The average molecular weight is 477 g/mol. The molecule has 33 heavy (non-hydrogen) atoms. The van der Waals surface area contributed by atoms with Gasteiger partial charge in [0.15, 0.2) is 0 Å². The van der Waals surface area contributed by atoms with Gasteiger partial charge in [0.2, 0.25) is 5.79 Å². The lowest BCUT2D eigenvalue weighted by Gasteiger charge is -2.37. The SMILES string of the molecule is CCCCCCC(F)(F)C1(CCC2C(O)CC(O)C2C/C=C\CCCC(=O)OC)OCCO1. The van der Waals surface area contributed by atoms with Crippen LogP contribution in [0.3, 0.4) is 0 Å². The van der Waals surface area contributed by atoms with Crippen LogP contribution in [0, 0.1) is 11.8 Å². The topological polar surface area (TPSA) is 85.2 Å². The van der Waals surface area contributed by atoms with Crippen molar-refractivity contribution < 1.29 is 38.0 Å². The van der Waals surface area contributed by atoms with E-state index in [9.17, 15) is 15.0 Å². The summed E-state index contributed by atoms with van der Waals surface area (Å²) in [5.74, 6) is -5.81. The van der Waals surface area contributed by atoms with Crippen LogP contribution in [-0.2, 0) is 19.0 Å². The summed E-state index contributed by atoms with van der Waals surface area (Å²) in [5, 5.41) is 21.0. The number of aliphatic hydroxyl groups is 2. The summed E-state index contributed by atoms with van der Waals surface area (Å²) < 4.78 is 45.9. The van der Waals surface area contributed by atoms with Crippen molar-refractivity contribution in [1.82, 2.24) is 0 Å². The second-order valence-electron chi connectivity index (χ2n) is 9.38. The third-order valence-electron chi connectivity index (χ3n) is 7.04. The van der Waals surface area contributed by atoms with Crippen molar-refractivity contribution in [3.63, 3.8) is 0 Å². The standard InChI is InChI=1S/C25H42F2O6/c1-3-4-5-10-14-24(26,27)25(32-16-17-33-25)15-13-20-19(21(28)18-22(20)29)11-8-6-7-9-12-23(30)31-2/h6,8,19-22,28-29H,3-5,7,9-18H2,1-2H3/b8-6-. The lowest BCUT2D eigenvalue weighted by molar-refractivity contribution is -0.297. The molecule has 1 aliphatic heterocycles. The van der Waals surface area contributed by atoms with Gasteiger partial charge in [-0.25, -0.2) is 8.78 Å². The Balaban J connectivity index is 1.92. The van der Waals surface area contributed by atoms with E-state index in [0.717, 1.165) is 19.3 Å². The summed E-state index contributed by atoms with van der Waals surface area (Å²) in [4.78, 5) is 11.2. The molecule has 2 fully saturated rings. The highest BCUT2D eigenvalue weighted by molar-refractivity contribution is 5.69. The van der Waals surface area contributed by atoms with Gasteiger partial charge in [-0.3, -0.25) is 4.79 Å². The van der Waals surface area contributed by atoms with Crippen LogP contribution in [0.1, 0.15) is 84.0 Å². The molecular weight excluding hydrogens is 434 g/mol. The second kappa shape index (κ2) is 13.7. The van der Waals surface area contributed by atoms with Gasteiger partial charge in [0.25, 0.3) is 0 Å². The highest BCUT2D eigenvalue weighted by atomic mass is 19.3. The summed E-state index contributed by atoms with van der Waals surface area (Å²) in [6.45, 7) is 2.31. The number of carbonyl (C=O) groups excluding carboxylic acids is 1. The number of hydrogen-bond acceptors (Lipinski definition) is 6. The zero-order chi connectivity index (χ0) is 24.3. The Hall–Kier alpha value is -1.09. The van der Waals surface area contributed by atoms with Crippen LogP contribution >= 0.6 is 0 Å². The molecule has 8 heteroatoms. The zero-order valence-corrected chi connectivity index (χ0v) is 20.1. The summed E-state index contributed by atoms with van der Waals surface area (Å²) in [6.07, 6.45) is 8.08. The van der Waals surface area contributed by atoms with Crippen LogP contribution in [0.4, 0.5) is 8.78 Å². The molecule has 0 aromatic rings. The molecule has 192 valence electrons. The van der Waals surface area contributed by atoms with Crippen molar-refractivity contribution in [1.29, 1.82) is 0 Å². The molecular formula is C25H42F2O6. The van der Waals surface area contributed by atoms with Crippen molar-refractivity contribution in [2.24, 2.45) is 11.8 Å². The van der Waals surface area contributed by atoms with Gasteiger partial charge in [-0.05, 0) is 50.4 Å². The van der Waals surface area contributed by atoms with Crippen molar-refractivity contribution >= 4 is 5.97 Å². The van der Waals surface area contributed by atoms with Gasteiger partial charge in [-0.1, -0.05) is 38.3 Å². The van der Waals surface area contributed by atoms with E-state index in [4.69, 9.17) is 9.47 Å². The predicted octanol–water partition coefficient (Wildman–Crippen LogP) is 4.76. The molecule has 1 aliphatic carbocycles. The first kappa shape index (κ1) is 28.1. The summed E-state index contributed by atoms with van der Waals surface area (Å²) >= 11 is 0. The number of halogens is 2. The van der Waals surface area contributed by atoms with Crippen molar-refractivity contribution in [2.45, 2.75) is 108 Å². The van der Waals surface area contributed by atoms with E-state index in [0.29, 0.717) is 38.5 Å². The number of ether oxygens (including phenoxy) is 3. The highest BCUT2D eigenvalue weighted by Crippen LogP contribution is 2.46. The Kier molecular flexibility index (Phi) is 11.7. The minimum atomic E-state index is -3.10. The molecule has 4 unspecified atom stereocenters. The molecule has 0 amide bonds. The Morgan fingerprint density at radius 1 is 1.09 bits per heavy atom. The monoisotopic (exact) mass is 476 g/mol. The number of allylic oxidation sites excluding steroid dienone is 2. The van der Waals surface area contributed by atoms with Gasteiger partial charge in [0.05, 0.1) is 32.5 Å². The Bertz CT molecular complexity index is 606. The van der Waals surface area contributed by atoms with E-state index in [2.05, 4.69) is 4.74 Å². The van der Waals surface area contributed by atoms with Gasteiger partial charge in [0.1, 0.15) is 0 Å². The Morgan fingerprint density at radius 3 is 2.45 bits per heavy atom. The van der Waals surface area contributed by atoms with Gasteiger partial charge in [-0.2, -0.15) is 0 Å². The fraction of sp³-hybridized carbons (Fsp3) is 0.880. The third-order valence-corrected chi connectivity index (χ3v) is 7.04. The van der Waals surface area contributed by atoms with Crippen molar-refractivity contribution in [2.75, 3.05) is 20.3 Å². The highest BCUT2D eigenvalue weighted by Gasteiger charge is 2.58. The van der Waals surface area contributed by atoms with Crippen molar-refractivity contribution in [3.05, 3.63) is 12.2 Å². The average Bonchev–Trinajstić information content (AvgIpc) is 3.37. The number of unbranched alkanes of at least 4 members (excludes halogenated alkanes) is 4. The lowest BCUT2D eigenvalue weighted by Crippen LogP contribution is -2.49. The fourth-order valence-corrected chi connectivity index (χ4v) is 5.06. The normalized spacial score (nSPS) is 27.5. The van der Waals surface area contributed by atoms with Crippen LogP contribution in [0.5, 0.6) is 0 Å². The molecule has 0 aromatic heterocycles. The molecule has 1 heterocycles. The largest absolute Gasteiger partial charge is 0.469 e. The first-order valence-electron chi connectivity index (χ1n) is 12.5. The maximum Gasteiger partial charge on any atom is 0.305 e. The number of alkyl halides is 2. The lowest BCUT2D eigenvalue weighted by atomic mass is 9.84. The van der Waals surface area contributed by atoms with Crippen LogP contribution in [0.2, 0.25) is 0 Å². The predicted molar refractivity (Wildman–Crippen MR) is 121 cm³/mol. The Labute approximate surface area is 196 Å². The number of hydrogen-bond donors (Lipinski definition) is 2. The molecule has 0 bridgehead atoms. The van der Waals surface area contributed by atoms with Crippen LogP contribution < -0.4 is 0 Å². The number of esters is 1. The van der Waals surface area contributed by atoms with Crippen LogP contribution in [0.25, 0.3) is 0 Å². The second-order valence-corrected chi connectivity index (χ2v) is 9.38. The van der Waals surface area contributed by atoms with Crippen molar-refractivity contribution in [3.8, 4) is 0 Å². The zero-order valence-electron chi connectivity index (χ0n) is 20.1. The Morgan fingerprint density at radius 2 is 1.79 bits per heavy atom. The van der Waals surface area contributed by atoms with E-state index < -0.39 is 23.9 Å². The maximum atomic E-state index is 15.2. The maximum absolute atomic E-state index is 15.2. The summed E-state index contributed by atoms with van der Waals surface area (Å²) in [6, 6.07) is 0. The third kappa shape index (κ3) is 7.98. The van der Waals surface area contributed by atoms with E-state index in [-0.39, 0.29) is 50.3 Å². The number of aliphatic hydroxyl groups excluding tert-OH is 2. The van der Waals surface area contributed by atoms with Crippen LogP contribution in [0.15, 0.2) is 12.2 Å². The molecule has 6 nitrogen and oxygen atoms in total. The van der Waals surface area contributed by atoms with E-state index >= 15 is 8.78 Å². The minimum Gasteiger partial charge on any atom is -0.469 e.